The van der Waals surface area contributed by atoms with Crippen molar-refractivity contribution in [1.82, 2.24) is 4.23 Å². The average Bonchev–Trinajstić information content (AvgIpc) is 2.96. The molecule has 3 nitrogen and oxygen atoms in total. The summed E-state index contributed by atoms with van der Waals surface area (Å²) < 4.78 is 15.1. The maximum Gasteiger partial charge on any atom is 0.495 e. The molecule has 2 aromatic rings. The Morgan fingerprint density at radius 3 is 2.04 bits per heavy atom. The first-order valence-corrected chi connectivity index (χ1v) is 12.2. The second-order valence-electron chi connectivity index (χ2n) is 9.86. The van der Waals surface area contributed by atoms with Crippen LogP contribution in [0, 0.1) is 0 Å². The summed E-state index contributed by atoms with van der Waals surface area (Å²) in [7, 11) is -1.99. The smallest absolute Gasteiger partial charge is 0.399 e. The van der Waals surface area contributed by atoms with Gasteiger partial charge in [0.25, 0.3) is 0 Å². The highest BCUT2D eigenvalue weighted by Gasteiger charge is 2.52. The topological polar surface area (TPSA) is 23.4 Å². The predicted octanol–water partition coefficient (Wildman–Crippen LogP) is 4.79. The fraction of sp³-hybridized carbons (Fsp3) is 0.600. The summed E-state index contributed by atoms with van der Waals surface area (Å²) in [5.74, 6) is 0. The van der Waals surface area contributed by atoms with Crippen LogP contribution in [0.25, 0.3) is 10.9 Å². The van der Waals surface area contributed by atoms with Crippen LogP contribution in [0.15, 0.2) is 30.5 Å². The van der Waals surface area contributed by atoms with E-state index in [4.69, 9.17) is 9.31 Å². The van der Waals surface area contributed by atoms with Crippen molar-refractivity contribution >= 4 is 31.7 Å². The van der Waals surface area contributed by atoms with Crippen molar-refractivity contribution in [2.45, 2.75) is 77.8 Å². The zero-order valence-corrected chi connectivity index (χ0v) is 18.2. The van der Waals surface area contributed by atoms with Crippen LogP contribution in [0.2, 0.25) is 18.1 Å². The Labute approximate surface area is 153 Å². The number of hydrogen-bond donors (Lipinski definition) is 0. The molecule has 1 aromatic heterocycles. The minimum absolute atomic E-state index is 0.277. The van der Waals surface area contributed by atoms with Gasteiger partial charge in [-0.25, -0.2) is 0 Å². The Hall–Kier alpha value is -1.04. The lowest BCUT2D eigenvalue weighted by Crippen LogP contribution is -2.45. The number of fused-ring (bicyclic) bond motifs is 1. The lowest BCUT2D eigenvalue weighted by Gasteiger charge is -2.38. The number of hydrogen-bond acceptors (Lipinski definition) is 2. The van der Waals surface area contributed by atoms with E-state index >= 15 is 0 Å². The van der Waals surface area contributed by atoms with Gasteiger partial charge in [0.05, 0.1) is 11.2 Å². The Kier molecular flexibility index (Phi) is 4.11. The minimum atomic E-state index is -1.68. The van der Waals surface area contributed by atoms with Crippen LogP contribution >= 0.6 is 0 Å². The molecule has 0 atom stereocenters. The van der Waals surface area contributed by atoms with Crippen molar-refractivity contribution in [2.75, 3.05) is 0 Å². The molecule has 0 spiro atoms. The molecule has 5 heteroatoms. The van der Waals surface area contributed by atoms with E-state index in [1.807, 2.05) is 0 Å². The molecule has 0 bridgehead atoms. The molecular weight excluding hydrogens is 325 g/mol. The van der Waals surface area contributed by atoms with Gasteiger partial charge in [0.1, 0.15) is 0 Å². The molecule has 1 aromatic carbocycles. The third kappa shape index (κ3) is 2.81. The summed E-state index contributed by atoms with van der Waals surface area (Å²) in [5, 5.41) is 1.52. The van der Waals surface area contributed by atoms with Gasteiger partial charge >= 0.3 is 7.12 Å². The molecule has 0 saturated carbocycles. The van der Waals surface area contributed by atoms with E-state index in [9.17, 15) is 0 Å². The summed E-state index contributed by atoms with van der Waals surface area (Å²) in [6.45, 7) is 20.3. The second-order valence-corrected chi connectivity index (χ2v) is 15.0. The number of benzene rings is 1. The predicted molar refractivity (Wildman–Crippen MR) is 110 cm³/mol. The summed E-state index contributed by atoms with van der Waals surface area (Å²) in [5.41, 5.74) is 1.79. The third-order valence-corrected chi connectivity index (χ3v) is 12.0. The Morgan fingerprint density at radius 1 is 0.960 bits per heavy atom. The lowest BCUT2D eigenvalue weighted by atomic mass is 9.77. The fourth-order valence-electron chi connectivity index (χ4n) is 3.22. The maximum atomic E-state index is 6.30. The van der Waals surface area contributed by atoms with E-state index in [1.165, 1.54) is 10.9 Å². The minimum Gasteiger partial charge on any atom is -0.399 e. The van der Waals surface area contributed by atoms with Crippen molar-refractivity contribution in [1.29, 1.82) is 0 Å². The van der Waals surface area contributed by atoms with Crippen molar-refractivity contribution < 1.29 is 9.31 Å². The SMILES string of the molecule is CC1(C)OB(c2cccc3c2ccn3[Si](C)(C)C(C)(C)C)OC1(C)C. The highest BCUT2D eigenvalue weighted by molar-refractivity contribution is 6.79. The fourth-order valence-corrected chi connectivity index (χ4v) is 5.18. The van der Waals surface area contributed by atoms with Gasteiger partial charge in [0.15, 0.2) is 8.24 Å². The number of nitrogens with zero attached hydrogens (tertiary/aromatic N) is 1. The Bertz CT molecular complexity index is 786. The molecule has 0 aliphatic carbocycles. The first-order valence-electron chi connectivity index (χ1n) is 9.24. The molecule has 0 radical (unpaired) electrons. The molecule has 0 N–H and O–H groups in total. The average molecular weight is 357 g/mol. The van der Waals surface area contributed by atoms with Gasteiger partial charge in [0, 0.05) is 5.52 Å². The molecule has 136 valence electrons. The van der Waals surface area contributed by atoms with E-state index in [0.29, 0.717) is 0 Å². The Morgan fingerprint density at radius 2 is 1.52 bits per heavy atom. The van der Waals surface area contributed by atoms with Gasteiger partial charge in [-0.1, -0.05) is 46.0 Å². The molecule has 1 saturated heterocycles. The summed E-state index contributed by atoms with van der Waals surface area (Å²) in [4.78, 5) is 0. The van der Waals surface area contributed by atoms with Gasteiger partial charge in [-0.15, -0.1) is 0 Å². The monoisotopic (exact) mass is 357 g/mol. The van der Waals surface area contributed by atoms with Crippen LogP contribution in [-0.2, 0) is 9.31 Å². The molecular formula is C20H32BNO2Si. The first-order chi connectivity index (χ1) is 11.3. The second kappa shape index (κ2) is 5.48. The van der Waals surface area contributed by atoms with E-state index in [0.717, 1.165) is 5.46 Å². The molecule has 0 unspecified atom stereocenters. The standard InChI is InChI=1S/C20H32BNO2Si/c1-18(2,3)25(8,9)22-14-13-15-16(11-10-12-17(15)22)21-23-19(4,5)20(6,7)24-21/h10-14H,1-9H3. The quantitative estimate of drug-likeness (QED) is 0.721. The van der Waals surface area contributed by atoms with Gasteiger partial charge in [-0.2, -0.15) is 0 Å². The Balaban J connectivity index is 2.10. The van der Waals surface area contributed by atoms with Gasteiger partial charge in [-0.3, -0.25) is 0 Å². The van der Waals surface area contributed by atoms with Gasteiger partial charge < -0.3 is 13.5 Å². The van der Waals surface area contributed by atoms with E-state index < -0.39 is 8.24 Å². The van der Waals surface area contributed by atoms with E-state index in [1.54, 1.807) is 0 Å². The highest BCUT2D eigenvalue weighted by atomic mass is 28.3. The van der Waals surface area contributed by atoms with Crippen LogP contribution < -0.4 is 5.46 Å². The zero-order chi connectivity index (χ0) is 18.8. The van der Waals surface area contributed by atoms with Gasteiger partial charge in [0.2, 0.25) is 0 Å². The van der Waals surface area contributed by atoms with Crippen LogP contribution in [-0.4, -0.2) is 30.8 Å². The normalized spacial score (nSPS) is 20.4. The van der Waals surface area contributed by atoms with Crippen LogP contribution in [0.4, 0.5) is 0 Å². The van der Waals surface area contributed by atoms with Gasteiger partial charge in [-0.05, 0) is 61.9 Å². The molecule has 25 heavy (non-hydrogen) atoms. The van der Waals surface area contributed by atoms with Crippen LogP contribution in [0.3, 0.4) is 0 Å². The van der Waals surface area contributed by atoms with Crippen LogP contribution in [0.1, 0.15) is 48.5 Å². The van der Waals surface area contributed by atoms with Crippen LogP contribution in [0.5, 0.6) is 0 Å². The molecule has 2 heterocycles. The molecule has 1 aliphatic heterocycles. The van der Waals surface area contributed by atoms with Crippen molar-refractivity contribution in [3.8, 4) is 0 Å². The highest BCUT2D eigenvalue weighted by Crippen LogP contribution is 2.40. The zero-order valence-electron chi connectivity index (χ0n) is 17.2. The molecule has 1 fully saturated rings. The molecule has 1 aliphatic rings. The molecule has 3 rings (SSSR count). The van der Waals surface area contributed by atoms with Crippen molar-refractivity contribution in [2.24, 2.45) is 0 Å². The summed E-state index contributed by atoms with van der Waals surface area (Å²) in [6.07, 6.45) is 2.26. The summed E-state index contributed by atoms with van der Waals surface area (Å²) >= 11 is 0. The van der Waals surface area contributed by atoms with E-state index in [-0.39, 0.29) is 23.4 Å². The van der Waals surface area contributed by atoms with Crippen molar-refractivity contribution in [3.63, 3.8) is 0 Å². The number of rotatable bonds is 2. The lowest BCUT2D eigenvalue weighted by molar-refractivity contribution is 0.00578. The summed E-state index contributed by atoms with van der Waals surface area (Å²) in [6, 6.07) is 8.73. The van der Waals surface area contributed by atoms with Crippen molar-refractivity contribution in [3.05, 3.63) is 30.5 Å². The molecule has 0 amide bonds. The third-order valence-electron chi connectivity index (χ3n) is 6.71. The largest absolute Gasteiger partial charge is 0.495 e. The van der Waals surface area contributed by atoms with E-state index in [2.05, 4.69) is 96.3 Å². The maximum absolute atomic E-state index is 6.30. The first kappa shape index (κ1) is 18.7. The number of aromatic nitrogens is 1.